The second-order valence-electron chi connectivity index (χ2n) is 3.27. The molecule has 0 spiro atoms. The molecule has 0 saturated carbocycles. The number of carbonyl (C=O) groups is 2. The number of nitrogens with one attached hydrogen (secondary N) is 1. The monoisotopic (exact) mass is 242 g/mol. The van der Waals surface area contributed by atoms with Crippen molar-refractivity contribution in [3.63, 3.8) is 0 Å². The Balaban J connectivity index is 2.05. The lowest BCUT2D eigenvalue weighted by molar-refractivity contribution is -0.137. The number of rotatable bonds is 7. The Morgan fingerprint density at radius 2 is 2.25 bits per heavy atom. The molecule has 0 radical (unpaired) electrons. The first-order chi connectivity index (χ1) is 7.68. The highest BCUT2D eigenvalue weighted by Crippen LogP contribution is 2.06. The van der Waals surface area contributed by atoms with Gasteiger partial charge >= 0.3 is 5.97 Å². The Kier molecular flexibility index (Phi) is 5.49. The number of aliphatic carboxylic acids is 1. The zero-order valence-corrected chi connectivity index (χ0v) is 9.63. The van der Waals surface area contributed by atoms with Crippen LogP contribution in [0.25, 0.3) is 0 Å². The molecule has 0 atom stereocenters. The van der Waals surface area contributed by atoms with Crippen LogP contribution in [0.2, 0.25) is 0 Å². The Labute approximate surface area is 97.5 Å². The van der Waals surface area contributed by atoms with Gasteiger partial charge in [-0.2, -0.15) is 0 Å². The summed E-state index contributed by atoms with van der Waals surface area (Å²) in [4.78, 5) is 25.6. The first-order valence-corrected chi connectivity index (χ1v) is 5.93. The van der Waals surface area contributed by atoms with E-state index in [2.05, 4.69) is 10.3 Å². The lowest BCUT2D eigenvalue weighted by Gasteiger charge is -2.02. The first-order valence-electron chi connectivity index (χ1n) is 5.05. The molecule has 16 heavy (non-hydrogen) atoms. The maximum atomic E-state index is 11.3. The molecule has 2 N–H and O–H groups in total. The van der Waals surface area contributed by atoms with E-state index in [1.807, 2.05) is 5.38 Å². The lowest BCUT2D eigenvalue weighted by atomic mass is 10.3. The van der Waals surface area contributed by atoms with E-state index in [0.717, 1.165) is 5.01 Å². The van der Waals surface area contributed by atoms with Crippen molar-refractivity contribution in [2.45, 2.75) is 25.7 Å². The molecule has 0 bridgehead atoms. The number of amides is 1. The molecule has 6 heteroatoms. The van der Waals surface area contributed by atoms with Gasteiger partial charge in [0.05, 0.1) is 5.01 Å². The summed E-state index contributed by atoms with van der Waals surface area (Å²) in [5, 5.41) is 13.9. The van der Waals surface area contributed by atoms with Crippen LogP contribution in [0.4, 0.5) is 0 Å². The summed E-state index contributed by atoms with van der Waals surface area (Å²) >= 11 is 1.53. The number of hydrogen-bond donors (Lipinski definition) is 2. The third-order valence-electron chi connectivity index (χ3n) is 1.94. The van der Waals surface area contributed by atoms with Gasteiger partial charge in [-0.05, 0) is 6.42 Å². The summed E-state index contributed by atoms with van der Waals surface area (Å²) in [7, 11) is 0. The number of carbonyl (C=O) groups excluding carboxylic acids is 1. The molecule has 5 nitrogen and oxygen atoms in total. The van der Waals surface area contributed by atoms with Gasteiger partial charge in [0.2, 0.25) is 5.91 Å². The van der Waals surface area contributed by atoms with E-state index in [9.17, 15) is 9.59 Å². The molecule has 0 aromatic carbocycles. The van der Waals surface area contributed by atoms with Gasteiger partial charge in [-0.15, -0.1) is 11.3 Å². The average molecular weight is 242 g/mol. The number of aryl methyl sites for hydroxylation is 1. The van der Waals surface area contributed by atoms with E-state index < -0.39 is 5.97 Å². The van der Waals surface area contributed by atoms with Gasteiger partial charge < -0.3 is 10.4 Å². The van der Waals surface area contributed by atoms with Crippen molar-refractivity contribution >= 4 is 23.2 Å². The fraction of sp³-hybridized carbons (Fsp3) is 0.500. The van der Waals surface area contributed by atoms with Crippen molar-refractivity contribution in [2.24, 2.45) is 0 Å². The average Bonchev–Trinajstić information content (AvgIpc) is 2.74. The van der Waals surface area contributed by atoms with Crippen LogP contribution in [-0.4, -0.2) is 28.5 Å². The van der Waals surface area contributed by atoms with Crippen LogP contribution in [0, 0.1) is 0 Å². The van der Waals surface area contributed by atoms with Gasteiger partial charge in [0.1, 0.15) is 0 Å². The van der Waals surface area contributed by atoms with Gasteiger partial charge in [-0.1, -0.05) is 0 Å². The summed E-state index contributed by atoms with van der Waals surface area (Å²) in [5.74, 6) is -0.891. The summed E-state index contributed by atoms with van der Waals surface area (Å²) in [6, 6.07) is 0. The standard InChI is InChI=1S/C10H14N2O3S/c13-8(11-5-1-2-10(14)15)3-4-9-12-6-7-16-9/h6-7H,1-5H2,(H,11,13)(H,14,15). The number of hydrogen-bond acceptors (Lipinski definition) is 4. The zero-order valence-electron chi connectivity index (χ0n) is 8.81. The van der Waals surface area contributed by atoms with E-state index in [1.54, 1.807) is 6.20 Å². The topological polar surface area (TPSA) is 79.3 Å². The van der Waals surface area contributed by atoms with Crippen molar-refractivity contribution in [3.05, 3.63) is 16.6 Å². The van der Waals surface area contributed by atoms with E-state index in [0.29, 0.717) is 25.8 Å². The van der Waals surface area contributed by atoms with Crippen molar-refractivity contribution in [1.29, 1.82) is 0 Å². The molecule has 0 fully saturated rings. The van der Waals surface area contributed by atoms with E-state index in [-0.39, 0.29) is 12.3 Å². The normalized spacial score (nSPS) is 10.0. The quantitative estimate of drug-likeness (QED) is 0.701. The number of thiazole rings is 1. The zero-order chi connectivity index (χ0) is 11.8. The molecule has 0 aliphatic carbocycles. The minimum absolute atomic E-state index is 0.0550. The van der Waals surface area contributed by atoms with E-state index in [4.69, 9.17) is 5.11 Å². The predicted octanol–water partition coefficient (Wildman–Crippen LogP) is 1.06. The minimum Gasteiger partial charge on any atom is -0.481 e. The van der Waals surface area contributed by atoms with Crippen molar-refractivity contribution in [1.82, 2.24) is 10.3 Å². The number of carboxylic acids is 1. The Bertz CT molecular complexity index is 338. The van der Waals surface area contributed by atoms with Gasteiger partial charge in [-0.25, -0.2) is 4.98 Å². The second kappa shape index (κ2) is 6.95. The number of aromatic nitrogens is 1. The second-order valence-corrected chi connectivity index (χ2v) is 4.25. The maximum absolute atomic E-state index is 11.3. The van der Waals surface area contributed by atoms with Crippen molar-refractivity contribution in [3.8, 4) is 0 Å². The number of nitrogens with zero attached hydrogens (tertiary/aromatic N) is 1. The molecule has 1 heterocycles. The molecule has 0 unspecified atom stereocenters. The molecule has 0 saturated heterocycles. The highest BCUT2D eigenvalue weighted by molar-refractivity contribution is 7.09. The molecule has 0 aliphatic rings. The van der Waals surface area contributed by atoms with Gasteiger partial charge in [0.15, 0.2) is 0 Å². The van der Waals surface area contributed by atoms with Crippen molar-refractivity contribution < 1.29 is 14.7 Å². The first kappa shape index (κ1) is 12.6. The highest BCUT2D eigenvalue weighted by Gasteiger charge is 2.03. The molecule has 1 aromatic heterocycles. The van der Waals surface area contributed by atoms with Gasteiger partial charge in [-0.3, -0.25) is 9.59 Å². The van der Waals surface area contributed by atoms with Crippen LogP contribution < -0.4 is 5.32 Å². The Morgan fingerprint density at radius 1 is 1.44 bits per heavy atom. The largest absolute Gasteiger partial charge is 0.481 e. The molecule has 1 amide bonds. The van der Waals surface area contributed by atoms with Crippen molar-refractivity contribution in [2.75, 3.05) is 6.54 Å². The third-order valence-corrected chi connectivity index (χ3v) is 2.78. The van der Waals surface area contributed by atoms with E-state index in [1.165, 1.54) is 11.3 Å². The fourth-order valence-corrected chi connectivity index (χ4v) is 1.77. The van der Waals surface area contributed by atoms with Crippen LogP contribution in [0.5, 0.6) is 0 Å². The summed E-state index contributed by atoms with van der Waals surface area (Å²) in [5.41, 5.74) is 0. The molecule has 1 rings (SSSR count). The smallest absolute Gasteiger partial charge is 0.303 e. The predicted molar refractivity (Wildman–Crippen MR) is 60.3 cm³/mol. The third kappa shape index (κ3) is 5.45. The molecular weight excluding hydrogens is 228 g/mol. The van der Waals surface area contributed by atoms with E-state index >= 15 is 0 Å². The van der Waals surface area contributed by atoms with Crippen LogP contribution in [0.1, 0.15) is 24.3 Å². The molecule has 0 aliphatic heterocycles. The molecule has 1 aromatic rings. The SMILES string of the molecule is O=C(O)CCCNC(=O)CCc1nccs1. The maximum Gasteiger partial charge on any atom is 0.303 e. The van der Waals surface area contributed by atoms with Gasteiger partial charge in [0.25, 0.3) is 0 Å². The Morgan fingerprint density at radius 3 is 2.88 bits per heavy atom. The fourth-order valence-electron chi connectivity index (χ4n) is 1.15. The lowest BCUT2D eigenvalue weighted by Crippen LogP contribution is -2.25. The summed E-state index contributed by atoms with van der Waals surface area (Å²) in [6.07, 6.45) is 3.32. The van der Waals surface area contributed by atoms with Crippen LogP contribution in [0.3, 0.4) is 0 Å². The molecular formula is C10H14N2O3S. The number of carboxylic acid groups (broad SMARTS) is 1. The van der Waals surface area contributed by atoms with Gasteiger partial charge in [0, 0.05) is 37.4 Å². The Hall–Kier alpha value is -1.43. The minimum atomic E-state index is -0.836. The van der Waals surface area contributed by atoms with Crippen LogP contribution in [-0.2, 0) is 16.0 Å². The van der Waals surface area contributed by atoms with Crippen LogP contribution in [0.15, 0.2) is 11.6 Å². The van der Waals surface area contributed by atoms with Crippen LogP contribution >= 0.6 is 11.3 Å². The summed E-state index contributed by atoms with van der Waals surface area (Å²) in [6.45, 7) is 0.420. The summed E-state index contributed by atoms with van der Waals surface area (Å²) < 4.78 is 0. The molecule has 88 valence electrons. The highest BCUT2D eigenvalue weighted by atomic mass is 32.1.